The Bertz CT molecular complexity index is 1070. The summed E-state index contributed by atoms with van der Waals surface area (Å²) in [7, 11) is 4.76. The summed E-state index contributed by atoms with van der Waals surface area (Å²) >= 11 is 6.62. The van der Waals surface area contributed by atoms with E-state index in [4.69, 9.17) is 26.4 Å². The van der Waals surface area contributed by atoms with Crippen molar-refractivity contribution in [3.63, 3.8) is 0 Å². The van der Waals surface area contributed by atoms with E-state index in [2.05, 4.69) is 5.32 Å². The van der Waals surface area contributed by atoms with Crippen LogP contribution in [0.25, 0.3) is 6.08 Å². The van der Waals surface area contributed by atoms with E-state index in [1.807, 2.05) is 42.5 Å². The molecule has 0 aromatic heterocycles. The van der Waals surface area contributed by atoms with Gasteiger partial charge < -0.3 is 19.5 Å². The minimum absolute atomic E-state index is 0.0952. The summed E-state index contributed by atoms with van der Waals surface area (Å²) in [4.78, 5) is 27.1. The first-order valence-corrected chi connectivity index (χ1v) is 11.5. The van der Waals surface area contributed by atoms with Gasteiger partial charge in [-0.2, -0.15) is 0 Å². The summed E-state index contributed by atoms with van der Waals surface area (Å²) in [5.74, 6) is 1.74. The molecule has 174 valence electrons. The van der Waals surface area contributed by atoms with Crippen molar-refractivity contribution in [2.75, 3.05) is 34.4 Å². The van der Waals surface area contributed by atoms with Crippen molar-refractivity contribution in [3.8, 4) is 17.2 Å². The van der Waals surface area contributed by atoms with E-state index < -0.39 is 0 Å². The lowest BCUT2D eigenvalue weighted by atomic mass is 10.1. The van der Waals surface area contributed by atoms with Gasteiger partial charge in [-0.3, -0.25) is 14.5 Å². The largest absolute Gasteiger partial charge is 0.497 e. The second kappa shape index (κ2) is 11.7. The molecule has 0 radical (unpaired) electrons. The highest BCUT2D eigenvalue weighted by atomic mass is 32.2. The van der Waals surface area contributed by atoms with Crippen LogP contribution in [-0.4, -0.2) is 55.5 Å². The molecule has 0 aliphatic carbocycles. The molecule has 0 saturated carbocycles. The Morgan fingerprint density at radius 3 is 2.61 bits per heavy atom. The Morgan fingerprint density at radius 1 is 1.09 bits per heavy atom. The highest BCUT2D eigenvalue weighted by Crippen LogP contribution is 2.32. The van der Waals surface area contributed by atoms with Gasteiger partial charge in [-0.05, 0) is 47.9 Å². The number of rotatable bonds is 10. The first kappa shape index (κ1) is 24.6. The lowest BCUT2D eigenvalue weighted by Crippen LogP contribution is -2.37. The SMILES string of the molecule is COc1cccc(/C=C2/SC(=S)N(CCNC(=O)CCc3ccc(OC)c(OC)c3)C2=O)c1. The van der Waals surface area contributed by atoms with Crippen molar-refractivity contribution >= 4 is 46.2 Å². The number of thiocarbonyl (C=S) groups is 1. The number of thioether (sulfide) groups is 1. The molecule has 0 atom stereocenters. The molecule has 33 heavy (non-hydrogen) atoms. The molecule has 1 N–H and O–H groups in total. The average molecular weight is 487 g/mol. The number of nitrogens with zero attached hydrogens (tertiary/aromatic N) is 1. The standard InChI is InChI=1S/C24H26N2O5S2/c1-29-18-6-4-5-17(13-18)15-21-23(28)26(24(32)33-21)12-11-25-22(27)10-8-16-7-9-19(30-2)20(14-16)31-3/h4-7,9,13-15H,8,10-12H2,1-3H3,(H,25,27)/b21-15+. The zero-order valence-corrected chi connectivity index (χ0v) is 20.4. The van der Waals surface area contributed by atoms with Crippen LogP contribution in [0.4, 0.5) is 0 Å². The molecular weight excluding hydrogens is 460 g/mol. The summed E-state index contributed by atoms with van der Waals surface area (Å²) in [5, 5.41) is 2.86. The third kappa shape index (κ3) is 6.49. The van der Waals surface area contributed by atoms with E-state index in [9.17, 15) is 9.59 Å². The summed E-state index contributed by atoms with van der Waals surface area (Å²) in [5.41, 5.74) is 1.83. The molecule has 1 aliphatic heterocycles. The van der Waals surface area contributed by atoms with Gasteiger partial charge in [0.15, 0.2) is 11.5 Å². The Labute approximate surface area is 203 Å². The monoisotopic (exact) mass is 486 g/mol. The maximum atomic E-state index is 12.8. The lowest BCUT2D eigenvalue weighted by molar-refractivity contribution is -0.123. The fourth-order valence-electron chi connectivity index (χ4n) is 3.26. The molecular formula is C24H26N2O5S2. The quantitative estimate of drug-likeness (QED) is 0.406. The molecule has 1 heterocycles. The molecule has 0 unspecified atom stereocenters. The summed E-state index contributed by atoms with van der Waals surface area (Å²) in [6.07, 6.45) is 2.68. The van der Waals surface area contributed by atoms with E-state index in [0.29, 0.717) is 46.7 Å². The zero-order valence-electron chi connectivity index (χ0n) is 18.8. The van der Waals surface area contributed by atoms with Gasteiger partial charge in [-0.25, -0.2) is 0 Å². The number of amides is 2. The Balaban J connectivity index is 1.49. The predicted molar refractivity (Wildman–Crippen MR) is 134 cm³/mol. The van der Waals surface area contributed by atoms with Gasteiger partial charge in [-0.1, -0.05) is 42.2 Å². The smallest absolute Gasteiger partial charge is 0.266 e. The lowest BCUT2D eigenvalue weighted by Gasteiger charge is -2.15. The third-order valence-electron chi connectivity index (χ3n) is 5.01. The van der Waals surface area contributed by atoms with Crippen molar-refractivity contribution in [2.45, 2.75) is 12.8 Å². The van der Waals surface area contributed by atoms with Crippen LogP contribution in [0.2, 0.25) is 0 Å². The number of aryl methyl sites for hydroxylation is 1. The molecule has 0 spiro atoms. The second-order valence-electron chi connectivity index (χ2n) is 7.15. The molecule has 3 rings (SSSR count). The Hall–Kier alpha value is -3.04. The Morgan fingerprint density at radius 2 is 1.88 bits per heavy atom. The van der Waals surface area contributed by atoms with Crippen LogP contribution in [-0.2, 0) is 16.0 Å². The highest BCUT2D eigenvalue weighted by Gasteiger charge is 2.31. The number of carbonyl (C=O) groups is 2. The van der Waals surface area contributed by atoms with Gasteiger partial charge in [0.25, 0.3) is 5.91 Å². The van der Waals surface area contributed by atoms with Gasteiger partial charge in [0.1, 0.15) is 10.1 Å². The molecule has 0 bridgehead atoms. The molecule has 1 saturated heterocycles. The van der Waals surface area contributed by atoms with Crippen LogP contribution in [0.1, 0.15) is 17.5 Å². The summed E-state index contributed by atoms with van der Waals surface area (Å²) < 4.78 is 16.2. The first-order chi connectivity index (χ1) is 15.9. The maximum absolute atomic E-state index is 12.8. The van der Waals surface area contributed by atoms with Crippen LogP contribution in [0, 0.1) is 0 Å². The third-order valence-corrected chi connectivity index (χ3v) is 6.39. The highest BCUT2D eigenvalue weighted by molar-refractivity contribution is 8.26. The van der Waals surface area contributed by atoms with Crippen LogP contribution in [0.3, 0.4) is 0 Å². The number of carbonyl (C=O) groups excluding carboxylic acids is 2. The van der Waals surface area contributed by atoms with Crippen LogP contribution >= 0.6 is 24.0 Å². The normalized spacial score (nSPS) is 14.5. The molecule has 1 fully saturated rings. The topological polar surface area (TPSA) is 77.1 Å². The van der Waals surface area contributed by atoms with E-state index in [1.54, 1.807) is 27.4 Å². The van der Waals surface area contributed by atoms with Crippen molar-refractivity contribution in [2.24, 2.45) is 0 Å². The predicted octanol–water partition coefficient (Wildman–Crippen LogP) is 3.66. The van der Waals surface area contributed by atoms with Gasteiger partial charge in [0.2, 0.25) is 5.91 Å². The van der Waals surface area contributed by atoms with Gasteiger partial charge >= 0.3 is 0 Å². The number of ether oxygens (including phenoxy) is 3. The van der Waals surface area contributed by atoms with Crippen molar-refractivity contribution in [3.05, 3.63) is 58.5 Å². The van der Waals surface area contributed by atoms with Crippen molar-refractivity contribution in [1.29, 1.82) is 0 Å². The molecule has 2 aromatic carbocycles. The Kier molecular flexibility index (Phi) is 8.73. The molecule has 2 amide bonds. The van der Waals surface area contributed by atoms with Gasteiger partial charge in [0, 0.05) is 19.5 Å². The summed E-state index contributed by atoms with van der Waals surface area (Å²) in [6, 6.07) is 13.0. The van der Waals surface area contributed by atoms with E-state index >= 15 is 0 Å². The maximum Gasteiger partial charge on any atom is 0.266 e. The fourth-order valence-corrected chi connectivity index (χ4v) is 4.57. The van der Waals surface area contributed by atoms with Crippen LogP contribution in [0.15, 0.2) is 47.4 Å². The number of hydrogen-bond acceptors (Lipinski definition) is 7. The first-order valence-electron chi connectivity index (χ1n) is 10.3. The minimum Gasteiger partial charge on any atom is -0.497 e. The van der Waals surface area contributed by atoms with Gasteiger partial charge in [0.05, 0.1) is 26.2 Å². The van der Waals surface area contributed by atoms with Gasteiger partial charge in [-0.15, -0.1) is 0 Å². The van der Waals surface area contributed by atoms with Crippen molar-refractivity contribution in [1.82, 2.24) is 10.2 Å². The van der Waals surface area contributed by atoms with Crippen LogP contribution < -0.4 is 19.5 Å². The molecule has 7 nitrogen and oxygen atoms in total. The van der Waals surface area contributed by atoms with E-state index in [1.165, 1.54) is 16.7 Å². The number of benzene rings is 2. The number of nitrogens with one attached hydrogen (secondary N) is 1. The summed E-state index contributed by atoms with van der Waals surface area (Å²) in [6.45, 7) is 0.645. The van der Waals surface area contributed by atoms with Crippen molar-refractivity contribution < 1.29 is 23.8 Å². The second-order valence-corrected chi connectivity index (χ2v) is 8.83. The number of hydrogen-bond donors (Lipinski definition) is 1. The fraction of sp³-hybridized carbons (Fsp3) is 0.292. The molecule has 9 heteroatoms. The molecule has 2 aromatic rings. The van der Waals surface area contributed by atoms with E-state index in [-0.39, 0.29) is 11.8 Å². The van der Waals surface area contributed by atoms with Crippen LogP contribution in [0.5, 0.6) is 17.2 Å². The average Bonchev–Trinajstić information content (AvgIpc) is 3.09. The molecule has 1 aliphatic rings. The van der Waals surface area contributed by atoms with E-state index in [0.717, 1.165) is 16.9 Å². The minimum atomic E-state index is -0.160. The zero-order chi connectivity index (χ0) is 23.8. The number of methoxy groups -OCH3 is 3.